The Balaban J connectivity index is 2.04. The van der Waals surface area contributed by atoms with Gasteiger partial charge in [0, 0.05) is 18.1 Å². The highest BCUT2D eigenvalue weighted by Crippen LogP contribution is 2.29. The summed E-state index contributed by atoms with van der Waals surface area (Å²) in [6.45, 7) is 1.89. The smallest absolute Gasteiger partial charge is 0.0472 e. The van der Waals surface area contributed by atoms with E-state index in [4.69, 9.17) is 4.74 Å². The van der Waals surface area contributed by atoms with E-state index in [9.17, 15) is 0 Å². The fourth-order valence-electron chi connectivity index (χ4n) is 1.51. The molecule has 0 aromatic carbocycles. The first-order chi connectivity index (χ1) is 5.47. The molecule has 1 fully saturated rings. The molecule has 2 heterocycles. The van der Waals surface area contributed by atoms with Gasteiger partial charge in [0.15, 0.2) is 0 Å². The molecule has 1 aliphatic heterocycles. The van der Waals surface area contributed by atoms with Crippen LogP contribution < -0.4 is 0 Å². The molecule has 0 aliphatic carbocycles. The topological polar surface area (TPSA) is 9.23 Å². The Hall–Kier alpha value is -0.340. The lowest BCUT2D eigenvalue weighted by Crippen LogP contribution is -2.12. The largest absolute Gasteiger partial charge is 0.381 e. The van der Waals surface area contributed by atoms with Crippen LogP contribution in [0.4, 0.5) is 0 Å². The van der Waals surface area contributed by atoms with Gasteiger partial charge >= 0.3 is 0 Å². The third-order valence-electron chi connectivity index (χ3n) is 2.17. The first kappa shape index (κ1) is 7.32. The van der Waals surface area contributed by atoms with Crippen molar-refractivity contribution in [3.63, 3.8) is 0 Å². The maximum absolute atomic E-state index is 5.30. The molecule has 0 N–H and O–H groups in total. The Labute approximate surface area is 71.0 Å². The molecule has 0 amide bonds. The van der Waals surface area contributed by atoms with Crippen LogP contribution in [-0.2, 0) is 4.74 Å². The average molecular weight is 168 g/mol. The van der Waals surface area contributed by atoms with Crippen molar-refractivity contribution in [1.82, 2.24) is 0 Å². The van der Waals surface area contributed by atoms with E-state index < -0.39 is 0 Å². The molecule has 2 rings (SSSR count). The summed E-state index contributed by atoms with van der Waals surface area (Å²) in [5, 5.41) is 2.16. The highest BCUT2D eigenvalue weighted by Gasteiger charge is 2.15. The molecule has 0 radical (unpaired) electrons. The molecule has 11 heavy (non-hydrogen) atoms. The van der Waals surface area contributed by atoms with Gasteiger partial charge in [-0.15, -0.1) is 11.3 Å². The predicted molar refractivity (Wildman–Crippen MR) is 47.1 cm³/mol. The summed E-state index contributed by atoms with van der Waals surface area (Å²) in [5.74, 6) is 0.781. The van der Waals surface area contributed by atoms with Crippen LogP contribution in [0.15, 0.2) is 17.5 Å². The quantitative estimate of drug-likeness (QED) is 0.626. The van der Waals surface area contributed by atoms with Gasteiger partial charge in [-0.05, 0) is 30.2 Å². The first-order valence-electron chi connectivity index (χ1n) is 4.08. The Morgan fingerprint density at radius 1 is 1.36 bits per heavy atom. The molecule has 1 aliphatic rings. The zero-order valence-electron chi connectivity index (χ0n) is 6.45. The fraction of sp³-hybridized carbons (Fsp3) is 0.556. The van der Waals surface area contributed by atoms with Gasteiger partial charge in [-0.2, -0.15) is 0 Å². The first-order valence-corrected chi connectivity index (χ1v) is 4.96. The Kier molecular flexibility index (Phi) is 2.24. The number of ether oxygens (including phenoxy) is 1. The standard InChI is InChI=1S/C9H12OS/c1-2-9(11-7-1)8-3-5-10-6-4-8/h1-2,7-8H,3-6H2. The molecule has 0 unspecified atom stereocenters. The molecule has 60 valence electrons. The van der Waals surface area contributed by atoms with Crippen molar-refractivity contribution >= 4 is 11.3 Å². The van der Waals surface area contributed by atoms with E-state index in [1.165, 1.54) is 17.7 Å². The third-order valence-corrected chi connectivity index (χ3v) is 3.20. The summed E-state index contributed by atoms with van der Waals surface area (Å²) < 4.78 is 5.30. The second kappa shape index (κ2) is 3.37. The van der Waals surface area contributed by atoms with Gasteiger partial charge in [-0.25, -0.2) is 0 Å². The molecular formula is C9H12OS. The molecule has 0 spiro atoms. The zero-order valence-corrected chi connectivity index (χ0v) is 7.27. The van der Waals surface area contributed by atoms with E-state index in [1.807, 2.05) is 11.3 Å². The minimum Gasteiger partial charge on any atom is -0.381 e. The van der Waals surface area contributed by atoms with Crippen molar-refractivity contribution in [2.24, 2.45) is 0 Å². The molecule has 1 nitrogen and oxygen atoms in total. The fourth-order valence-corrected chi connectivity index (χ4v) is 2.41. The zero-order chi connectivity index (χ0) is 7.52. The monoisotopic (exact) mass is 168 g/mol. The van der Waals surface area contributed by atoms with Crippen molar-refractivity contribution in [3.8, 4) is 0 Å². The predicted octanol–water partition coefficient (Wildman–Crippen LogP) is 2.64. The van der Waals surface area contributed by atoms with Gasteiger partial charge in [-0.1, -0.05) is 6.07 Å². The molecule has 1 saturated heterocycles. The molecule has 0 saturated carbocycles. The number of rotatable bonds is 1. The van der Waals surface area contributed by atoms with E-state index >= 15 is 0 Å². The molecule has 0 bridgehead atoms. The number of hydrogen-bond acceptors (Lipinski definition) is 2. The third kappa shape index (κ3) is 1.63. The van der Waals surface area contributed by atoms with Gasteiger partial charge in [0.05, 0.1) is 0 Å². The van der Waals surface area contributed by atoms with Crippen molar-refractivity contribution in [1.29, 1.82) is 0 Å². The SMILES string of the molecule is c1csc(C2CCOCC2)c1. The Morgan fingerprint density at radius 3 is 2.82 bits per heavy atom. The maximum Gasteiger partial charge on any atom is 0.0472 e. The Bertz CT molecular complexity index is 199. The van der Waals surface area contributed by atoms with Gasteiger partial charge in [0.1, 0.15) is 0 Å². The van der Waals surface area contributed by atoms with Gasteiger partial charge in [0.2, 0.25) is 0 Å². The molecule has 1 aromatic heterocycles. The summed E-state index contributed by atoms with van der Waals surface area (Å²) in [4.78, 5) is 1.54. The van der Waals surface area contributed by atoms with E-state index in [2.05, 4.69) is 17.5 Å². The van der Waals surface area contributed by atoms with Crippen molar-refractivity contribution in [2.75, 3.05) is 13.2 Å². The van der Waals surface area contributed by atoms with E-state index in [-0.39, 0.29) is 0 Å². The van der Waals surface area contributed by atoms with Crippen molar-refractivity contribution in [3.05, 3.63) is 22.4 Å². The Morgan fingerprint density at radius 2 is 2.18 bits per heavy atom. The van der Waals surface area contributed by atoms with Crippen molar-refractivity contribution < 1.29 is 4.74 Å². The van der Waals surface area contributed by atoms with Gasteiger partial charge in [0.25, 0.3) is 0 Å². The molecular weight excluding hydrogens is 156 g/mol. The van der Waals surface area contributed by atoms with Crippen LogP contribution in [0.1, 0.15) is 23.6 Å². The van der Waals surface area contributed by atoms with Crippen LogP contribution in [-0.4, -0.2) is 13.2 Å². The van der Waals surface area contributed by atoms with Gasteiger partial charge < -0.3 is 4.74 Å². The molecule has 2 heteroatoms. The van der Waals surface area contributed by atoms with E-state index in [1.54, 1.807) is 0 Å². The molecule has 1 aromatic rings. The summed E-state index contributed by atoms with van der Waals surface area (Å²) in [6.07, 6.45) is 2.42. The summed E-state index contributed by atoms with van der Waals surface area (Å²) >= 11 is 1.87. The van der Waals surface area contributed by atoms with Crippen LogP contribution >= 0.6 is 11.3 Å². The highest BCUT2D eigenvalue weighted by atomic mass is 32.1. The summed E-state index contributed by atoms with van der Waals surface area (Å²) in [6, 6.07) is 4.37. The lowest BCUT2D eigenvalue weighted by molar-refractivity contribution is 0.0860. The van der Waals surface area contributed by atoms with Crippen LogP contribution in [0.2, 0.25) is 0 Å². The van der Waals surface area contributed by atoms with Crippen LogP contribution in [0.25, 0.3) is 0 Å². The van der Waals surface area contributed by atoms with Crippen molar-refractivity contribution in [2.45, 2.75) is 18.8 Å². The molecule has 0 atom stereocenters. The lowest BCUT2D eigenvalue weighted by Gasteiger charge is -2.20. The second-order valence-electron chi connectivity index (χ2n) is 2.90. The highest BCUT2D eigenvalue weighted by molar-refractivity contribution is 7.10. The second-order valence-corrected chi connectivity index (χ2v) is 3.88. The van der Waals surface area contributed by atoms with Crippen LogP contribution in [0.3, 0.4) is 0 Å². The van der Waals surface area contributed by atoms with E-state index in [0.717, 1.165) is 19.1 Å². The van der Waals surface area contributed by atoms with Crippen LogP contribution in [0.5, 0.6) is 0 Å². The van der Waals surface area contributed by atoms with Crippen LogP contribution in [0, 0.1) is 0 Å². The normalized spacial score (nSPS) is 20.4. The average Bonchev–Trinajstić information content (AvgIpc) is 2.58. The maximum atomic E-state index is 5.30. The van der Waals surface area contributed by atoms with Gasteiger partial charge in [-0.3, -0.25) is 0 Å². The summed E-state index contributed by atoms with van der Waals surface area (Å²) in [7, 11) is 0. The van der Waals surface area contributed by atoms with E-state index in [0.29, 0.717) is 0 Å². The number of hydrogen-bond donors (Lipinski definition) is 0. The summed E-state index contributed by atoms with van der Waals surface area (Å²) in [5.41, 5.74) is 0. The minimum atomic E-state index is 0.781. The lowest BCUT2D eigenvalue weighted by atomic mass is 9.99. The minimum absolute atomic E-state index is 0.781. The number of thiophene rings is 1.